The van der Waals surface area contributed by atoms with E-state index in [4.69, 9.17) is 0 Å². The van der Waals surface area contributed by atoms with E-state index in [0.29, 0.717) is 11.3 Å². The molecule has 5 atom stereocenters. The molecule has 0 bridgehead atoms. The minimum absolute atomic E-state index is 0.0872. The lowest BCUT2D eigenvalue weighted by molar-refractivity contribution is -0.118. The Morgan fingerprint density at radius 2 is 2.17 bits per heavy atom. The summed E-state index contributed by atoms with van der Waals surface area (Å²) in [6, 6.07) is 0. The second kappa shape index (κ2) is 5.06. The number of aldehydes is 1. The molecule has 3 nitrogen and oxygen atoms in total. The van der Waals surface area contributed by atoms with Crippen LogP contribution in [0.1, 0.15) is 57.2 Å². The lowest BCUT2D eigenvalue weighted by Gasteiger charge is -2.51. The number of hydrogen-bond acceptors (Lipinski definition) is 2. The first-order valence-electron chi connectivity index (χ1n) is 9.12. The summed E-state index contributed by atoms with van der Waals surface area (Å²) < 4.78 is 0. The van der Waals surface area contributed by atoms with Gasteiger partial charge in [0.05, 0.1) is 6.20 Å². The average Bonchev–Trinajstić information content (AvgIpc) is 3.10. The number of allylic oxidation sites excluding steroid dienone is 1. The number of nitrogens with one attached hydrogen (secondary N) is 1. The quantitative estimate of drug-likeness (QED) is 0.660. The van der Waals surface area contributed by atoms with Gasteiger partial charge in [0.2, 0.25) is 0 Å². The van der Waals surface area contributed by atoms with Gasteiger partial charge in [-0.05, 0) is 73.2 Å². The lowest BCUT2D eigenvalue weighted by Crippen LogP contribution is -2.46. The van der Waals surface area contributed by atoms with Crippen LogP contribution in [0.15, 0.2) is 18.3 Å². The maximum absolute atomic E-state index is 11.8. The van der Waals surface area contributed by atoms with Crippen LogP contribution in [0, 0.1) is 28.6 Å². The van der Waals surface area contributed by atoms with Gasteiger partial charge in [0.25, 0.3) is 0 Å². The maximum atomic E-state index is 11.8. The van der Waals surface area contributed by atoms with Crippen LogP contribution in [0.5, 0.6) is 0 Å². The van der Waals surface area contributed by atoms with E-state index in [9.17, 15) is 4.79 Å². The van der Waals surface area contributed by atoms with Crippen LogP contribution in [0.2, 0.25) is 0 Å². The summed E-state index contributed by atoms with van der Waals surface area (Å²) in [5.74, 6) is 1.53. The van der Waals surface area contributed by atoms with Crippen molar-refractivity contribution >= 4 is 6.29 Å². The molecule has 3 heteroatoms. The number of aromatic amines is 1. The van der Waals surface area contributed by atoms with Gasteiger partial charge in [-0.25, -0.2) is 0 Å². The summed E-state index contributed by atoms with van der Waals surface area (Å²) in [7, 11) is 0. The zero-order valence-electron chi connectivity index (χ0n) is 14.4. The van der Waals surface area contributed by atoms with E-state index in [1.54, 1.807) is 0 Å². The zero-order valence-corrected chi connectivity index (χ0v) is 14.4. The molecule has 1 heterocycles. The molecule has 23 heavy (non-hydrogen) atoms. The smallest absolute Gasteiger partial charge is 0.124 e. The molecule has 0 spiro atoms. The predicted octanol–water partition coefficient (Wildman–Crippen LogP) is 4.10. The highest BCUT2D eigenvalue weighted by Gasteiger charge is 2.52. The predicted molar refractivity (Wildman–Crippen MR) is 91.0 cm³/mol. The van der Waals surface area contributed by atoms with Crippen LogP contribution in [-0.2, 0) is 17.6 Å². The SMILES string of the molecule is C=C1CCC2CC(C3(C)Cc4cn[nH]c4CC3C=O)CCC12C. The third-order valence-corrected chi connectivity index (χ3v) is 7.83. The van der Waals surface area contributed by atoms with E-state index in [1.807, 2.05) is 6.20 Å². The Labute approximate surface area is 138 Å². The van der Waals surface area contributed by atoms with Crippen LogP contribution < -0.4 is 0 Å². The Morgan fingerprint density at radius 3 is 2.96 bits per heavy atom. The van der Waals surface area contributed by atoms with Crippen molar-refractivity contribution in [3.8, 4) is 0 Å². The minimum atomic E-state index is 0.0872. The second-order valence-electron chi connectivity index (χ2n) is 8.73. The van der Waals surface area contributed by atoms with Gasteiger partial charge in [-0.3, -0.25) is 5.10 Å². The van der Waals surface area contributed by atoms with E-state index in [0.717, 1.165) is 18.8 Å². The standard InChI is InChI=1S/C20H28N2O/c1-13-4-5-15-8-16(6-7-19(13,15)2)20(3)10-14-11-21-22-18(14)9-17(20)12-23/h11-12,15-17H,1,4-10H2,2-3H3,(H,21,22). The molecule has 124 valence electrons. The van der Waals surface area contributed by atoms with Crippen LogP contribution in [0.4, 0.5) is 0 Å². The first-order chi connectivity index (χ1) is 11.0. The molecule has 0 aromatic carbocycles. The highest BCUT2D eigenvalue weighted by molar-refractivity contribution is 5.57. The molecule has 0 radical (unpaired) electrons. The third-order valence-electron chi connectivity index (χ3n) is 7.83. The molecule has 0 saturated heterocycles. The lowest BCUT2D eigenvalue weighted by atomic mass is 9.53. The highest BCUT2D eigenvalue weighted by Crippen LogP contribution is 2.60. The Hall–Kier alpha value is -1.38. The van der Waals surface area contributed by atoms with E-state index in [1.165, 1.54) is 55.2 Å². The van der Waals surface area contributed by atoms with Crippen molar-refractivity contribution in [3.63, 3.8) is 0 Å². The fourth-order valence-electron chi connectivity index (χ4n) is 5.85. The molecule has 0 aliphatic heterocycles. The van der Waals surface area contributed by atoms with Crippen molar-refractivity contribution in [1.82, 2.24) is 10.2 Å². The molecule has 5 unspecified atom stereocenters. The number of fused-ring (bicyclic) bond motifs is 2. The molecule has 2 fully saturated rings. The number of carbonyl (C=O) groups is 1. The maximum Gasteiger partial charge on any atom is 0.124 e. The third kappa shape index (κ3) is 2.08. The van der Waals surface area contributed by atoms with E-state index in [2.05, 4.69) is 30.6 Å². The summed E-state index contributed by atoms with van der Waals surface area (Å²) in [6.45, 7) is 9.14. The molecule has 0 amide bonds. The molecule has 1 aromatic rings. The number of H-pyrrole nitrogens is 1. The Morgan fingerprint density at radius 1 is 1.35 bits per heavy atom. The fourth-order valence-corrected chi connectivity index (χ4v) is 5.85. The minimum Gasteiger partial charge on any atom is -0.303 e. The zero-order chi connectivity index (χ0) is 16.2. The second-order valence-corrected chi connectivity index (χ2v) is 8.73. The Balaban J connectivity index is 1.62. The van der Waals surface area contributed by atoms with Crippen LogP contribution >= 0.6 is 0 Å². The van der Waals surface area contributed by atoms with E-state index < -0.39 is 0 Å². The van der Waals surface area contributed by atoms with Gasteiger partial charge in [-0.15, -0.1) is 0 Å². The first-order valence-corrected chi connectivity index (χ1v) is 9.12. The molecule has 3 aliphatic carbocycles. The largest absolute Gasteiger partial charge is 0.303 e. The number of nitrogens with zero attached hydrogens (tertiary/aromatic N) is 1. The molecular formula is C20H28N2O. The van der Waals surface area contributed by atoms with Crippen LogP contribution in [0.25, 0.3) is 0 Å². The number of hydrogen-bond donors (Lipinski definition) is 1. The van der Waals surface area contributed by atoms with E-state index >= 15 is 0 Å². The summed E-state index contributed by atoms with van der Waals surface area (Å²) >= 11 is 0. The molecule has 1 N–H and O–H groups in total. The van der Waals surface area contributed by atoms with Crippen molar-refractivity contribution in [1.29, 1.82) is 0 Å². The first kappa shape index (κ1) is 15.2. The molecule has 1 aromatic heterocycles. The molecule has 3 aliphatic rings. The average molecular weight is 312 g/mol. The normalized spacial score (nSPS) is 43.0. The Kier molecular flexibility index (Phi) is 3.33. The monoisotopic (exact) mass is 312 g/mol. The van der Waals surface area contributed by atoms with Crippen molar-refractivity contribution in [3.05, 3.63) is 29.6 Å². The van der Waals surface area contributed by atoms with Gasteiger partial charge in [0, 0.05) is 11.6 Å². The van der Waals surface area contributed by atoms with Gasteiger partial charge >= 0.3 is 0 Å². The molecule has 2 saturated carbocycles. The highest BCUT2D eigenvalue weighted by atomic mass is 16.1. The topological polar surface area (TPSA) is 45.8 Å². The van der Waals surface area contributed by atoms with Crippen molar-refractivity contribution in [2.45, 2.75) is 58.8 Å². The fraction of sp³-hybridized carbons (Fsp3) is 0.700. The molecule has 4 rings (SSSR count). The number of carbonyl (C=O) groups excluding carboxylic acids is 1. The van der Waals surface area contributed by atoms with Crippen LogP contribution in [0.3, 0.4) is 0 Å². The van der Waals surface area contributed by atoms with Gasteiger partial charge in [0.1, 0.15) is 6.29 Å². The number of aromatic nitrogens is 2. The van der Waals surface area contributed by atoms with Gasteiger partial charge in [-0.2, -0.15) is 5.10 Å². The van der Waals surface area contributed by atoms with Crippen molar-refractivity contribution in [2.24, 2.45) is 28.6 Å². The summed E-state index contributed by atoms with van der Waals surface area (Å²) in [4.78, 5) is 11.8. The van der Waals surface area contributed by atoms with Gasteiger partial charge < -0.3 is 4.79 Å². The summed E-state index contributed by atoms with van der Waals surface area (Å²) in [6.07, 6.45) is 11.3. The van der Waals surface area contributed by atoms with Crippen LogP contribution in [-0.4, -0.2) is 16.5 Å². The van der Waals surface area contributed by atoms with E-state index in [-0.39, 0.29) is 11.3 Å². The summed E-state index contributed by atoms with van der Waals surface area (Å²) in [5, 5.41) is 7.30. The van der Waals surface area contributed by atoms with Gasteiger partial charge in [-0.1, -0.05) is 26.0 Å². The van der Waals surface area contributed by atoms with Crippen molar-refractivity contribution in [2.75, 3.05) is 0 Å². The molecular weight excluding hydrogens is 284 g/mol. The van der Waals surface area contributed by atoms with Crippen molar-refractivity contribution < 1.29 is 4.79 Å². The summed E-state index contributed by atoms with van der Waals surface area (Å²) in [5.41, 5.74) is 4.42. The van der Waals surface area contributed by atoms with Gasteiger partial charge in [0.15, 0.2) is 0 Å². The Bertz CT molecular complexity index is 648. The number of rotatable bonds is 2.